The molecule has 2 rings (SSSR count). The van der Waals surface area contributed by atoms with Gasteiger partial charge in [-0.3, -0.25) is 9.78 Å². The lowest BCUT2D eigenvalue weighted by molar-refractivity contribution is -0.123. The molecule has 68 valence electrons. The van der Waals surface area contributed by atoms with Crippen molar-refractivity contribution in [3.63, 3.8) is 0 Å². The molecule has 1 heterocycles. The Morgan fingerprint density at radius 1 is 1.46 bits per heavy atom. The van der Waals surface area contributed by atoms with E-state index in [2.05, 4.69) is 10.3 Å². The molecule has 0 radical (unpaired) electrons. The summed E-state index contributed by atoms with van der Waals surface area (Å²) in [4.78, 5) is 15.5. The highest BCUT2D eigenvalue weighted by Gasteiger charge is 2.50. The standard InChI is InChI=1S/C10H12N2O/c1-11-9(13)10(4-5-10)8-2-6-12-7-3-8/h2-3,6-7H,4-5H2,1H3,(H,11,13). The molecule has 0 aromatic carbocycles. The zero-order valence-electron chi connectivity index (χ0n) is 7.58. The summed E-state index contributed by atoms with van der Waals surface area (Å²) in [5, 5.41) is 2.71. The van der Waals surface area contributed by atoms with Crippen molar-refractivity contribution in [1.82, 2.24) is 10.3 Å². The summed E-state index contributed by atoms with van der Waals surface area (Å²) < 4.78 is 0. The van der Waals surface area contributed by atoms with Crippen molar-refractivity contribution in [1.29, 1.82) is 0 Å². The van der Waals surface area contributed by atoms with E-state index in [-0.39, 0.29) is 11.3 Å². The first-order valence-electron chi connectivity index (χ1n) is 4.42. The quantitative estimate of drug-likeness (QED) is 0.726. The number of nitrogens with zero attached hydrogens (tertiary/aromatic N) is 1. The van der Waals surface area contributed by atoms with Crippen molar-refractivity contribution in [3.05, 3.63) is 30.1 Å². The molecule has 0 saturated heterocycles. The zero-order valence-corrected chi connectivity index (χ0v) is 7.58. The van der Waals surface area contributed by atoms with Crippen LogP contribution in [0.15, 0.2) is 24.5 Å². The molecule has 1 fully saturated rings. The molecule has 0 atom stereocenters. The van der Waals surface area contributed by atoms with Gasteiger partial charge in [-0.05, 0) is 30.5 Å². The van der Waals surface area contributed by atoms with Gasteiger partial charge in [0.2, 0.25) is 5.91 Å². The minimum atomic E-state index is -0.238. The SMILES string of the molecule is CNC(=O)C1(c2ccncc2)CC1. The van der Waals surface area contributed by atoms with Crippen LogP contribution in [0.3, 0.4) is 0 Å². The van der Waals surface area contributed by atoms with Gasteiger partial charge in [0.1, 0.15) is 0 Å². The smallest absolute Gasteiger partial charge is 0.230 e. The maximum absolute atomic E-state index is 11.6. The maximum Gasteiger partial charge on any atom is 0.230 e. The Kier molecular flexibility index (Phi) is 1.79. The molecule has 0 spiro atoms. The molecule has 3 nitrogen and oxygen atoms in total. The Morgan fingerprint density at radius 2 is 2.08 bits per heavy atom. The van der Waals surface area contributed by atoms with E-state index in [4.69, 9.17) is 0 Å². The van der Waals surface area contributed by atoms with Gasteiger partial charge in [-0.1, -0.05) is 0 Å². The molecule has 1 aliphatic carbocycles. The largest absolute Gasteiger partial charge is 0.358 e. The Morgan fingerprint density at radius 3 is 2.54 bits per heavy atom. The van der Waals surface area contributed by atoms with Crippen molar-refractivity contribution < 1.29 is 4.79 Å². The fraction of sp³-hybridized carbons (Fsp3) is 0.400. The predicted molar refractivity (Wildman–Crippen MR) is 49.2 cm³/mol. The average molecular weight is 176 g/mol. The van der Waals surface area contributed by atoms with Gasteiger partial charge in [0, 0.05) is 19.4 Å². The van der Waals surface area contributed by atoms with Crippen LogP contribution in [0.5, 0.6) is 0 Å². The maximum atomic E-state index is 11.6. The van der Waals surface area contributed by atoms with Crippen molar-refractivity contribution in [2.24, 2.45) is 0 Å². The third-order valence-corrected chi connectivity index (χ3v) is 2.64. The van der Waals surface area contributed by atoms with Crippen LogP contribution in [0.1, 0.15) is 18.4 Å². The number of carbonyl (C=O) groups excluding carboxylic acids is 1. The summed E-state index contributed by atoms with van der Waals surface area (Å²) in [7, 11) is 1.68. The van der Waals surface area contributed by atoms with Crippen molar-refractivity contribution in [2.75, 3.05) is 7.05 Å². The van der Waals surface area contributed by atoms with Gasteiger partial charge >= 0.3 is 0 Å². The van der Waals surface area contributed by atoms with Crippen LogP contribution < -0.4 is 5.32 Å². The second kappa shape index (κ2) is 2.83. The van der Waals surface area contributed by atoms with Gasteiger partial charge < -0.3 is 5.32 Å². The highest BCUT2D eigenvalue weighted by molar-refractivity contribution is 5.90. The summed E-state index contributed by atoms with van der Waals surface area (Å²) in [6, 6.07) is 3.84. The Balaban J connectivity index is 2.31. The summed E-state index contributed by atoms with van der Waals surface area (Å²) >= 11 is 0. The van der Waals surface area contributed by atoms with Crippen LogP contribution in [0.2, 0.25) is 0 Å². The second-order valence-corrected chi connectivity index (χ2v) is 3.40. The lowest BCUT2D eigenvalue weighted by Gasteiger charge is -2.12. The number of aromatic nitrogens is 1. The van der Waals surface area contributed by atoms with E-state index >= 15 is 0 Å². The second-order valence-electron chi connectivity index (χ2n) is 3.40. The van der Waals surface area contributed by atoms with Gasteiger partial charge in [-0.15, -0.1) is 0 Å². The fourth-order valence-electron chi connectivity index (χ4n) is 1.68. The Bertz CT molecular complexity index is 317. The average Bonchev–Trinajstić information content (AvgIpc) is 2.99. The number of rotatable bonds is 2. The van der Waals surface area contributed by atoms with Gasteiger partial charge in [-0.2, -0.15) is 0 Å². The molecule has 3 heteroatoms. The molecular formula is C10H12N2O. The van der Waals surface area contributed by atoms with Crippen LogP contribution in [0, 0.1) is 0 Å². The Hall–Kier alpha value is -1.38. The third-order valence-electron chi connectivity index (χ3n) is 2.64. The highest BCUT2D eigenvalue weighted by atomic mass is 16.2. The van der Waals surface area contributed by atoms with E-state index in [1.807, 2.05) is 12.1 Å². The number of nitrogens with one attached hydrogen (secondary N) is 1. The first-order valence-corrected chi connectivity index (χ1v) is 4.42. The normalized spacial score (nSPS) is 17.9. The molecule has 1 aromatic heterocycles. The minimum Gasteiger partial charge on any atom is -0.358 e. The van der Waals surface area contributed by atoms with Gasteiger partial charge in [-0.25, -0.2) is 0 Å². The summed E-state index contributed by atoms with van der Waals surface area (Å²) in [5.41, 5.74) is 0.847. The molecule has 1 saturated carbocycles. The minimum absolute atomic E-state index is 0.124. The van der Waals surface area contributed by atoms with E-state index < -0.39 is 0 Å². The first-order chi connectivity index (χ1) is 6.29. The van der Waals surface area contributed by atoms with E-state index in [1.165, 1.54) is 0 Å². The molecule has 1 N–H and O–H groups in total. The molecule has 0 unspecified atom stereocenters. The van der Waals surface area contributed by atoms with Crippen LogP contribution in [0.4, 0.5) is 0 Å². The van der Waals surface area contributed by atoms with Crippen molar-refractivity contribution >= 4 is 5.91 Å². The molecule has 0 bridgehead atoms. The molecule has 0 aliphatic heterocycles. The number of pyridine rings is 1. The monoisotopic (exact) mass is 176 g/mol. The van der Waals surface area contributed by atoms with Crippen LogP contribution in [-0.2, 0) is 10.2 Å². The van der Waals surface area contributed by atoms with Crippen LogP contribution in [-0.4, -0.2) is 17.9 Å². The topological polar surface area (TPSA) is 42.0 Å². The zero-order chi connectivity index (χ0) is 9.31. The van der Waals surface area contributed by atoms with Crippen molar-refractivity contribution in [3.8, 4) is 0 Å². The van der Waals surface area contributed by atoms with E-state index in [0.29, 0.717) is 0 Å². The third kappa shape index (κ3) is 1.20. The summed E-state index contributed by atoms with van der Waals surface area (Å²) in [6.45, 7) is 0. The number of hydrogen-bond acceptors (Lipinski definition) is 2. The lowest BCUT2D eigenvalue weighted by Crippen LogP contribution is -2.31. The number of carbonyl (C=O) groups is 1. The molecule has 1 amide bonds. The van der Waals surface area contributed by atoms with Gasteiger partial charge in [0.25, 0.3) is 0 Å². The van der Waals surface area contributed by atoms with Gasteiger partial charge in [0.15, 0.2) is 0 Å². The Labute approximate surface area is 77.2 Å². The molecule has 1 aromatic rings. The number of hydrogen-bond donors (Lipinski definition) is 1. The van der Waals surface area contributed by atoms with Crippen molar-refractivity contribution in [2.45, 2.75) is 18.3 Å². The van der Waals surface area contributed by atoms with Crippen LogP contribution >= 0.6 is 0 Å². The summed E-state index contributed by atoms with van der Waals surface area (Å²) in [6.07, 6.45) is 5.38. The number of amides is 1. The summed E-state index contributed by atoms with van der Waals surface area (Å²) in [5.74, 6) is 0.124. The highest BCUT2D eigenvalue weighted by Crippen LogP contribution is 2.47. The van der Waals surface area contributed by atoms with E-state index in [0.717, 1.165) is 18.4 Å². The van der Waals surface area contributed by atoms with Crippen LogP contribution in [0.25, 0.3) is 0 Å². The number of likely N-dealkylation sites (N-methyl/N-ethyl adjacent to an activating group) is 1. The molecule has 1 aliphatic rings. The molecule has 13 heavy (non-hydrogen) atoms. The van der Waals surface area contributed by atoms with Gasteiger partial charge in [0.05, 0.1) is 5.41 Å². The van der Waals surface area contributed by atoms with E-state index in [1.54, 1.807) is 19.4 Å². The fourth-order valence-corrected chi connectivity index (χ4v) is 1.68. The predicted octanol–water partition coefficient (Wildman–Crippen LogP) is 0.859. The molecular weight excluding hydrogens is 164 g/mol. The first kappa shape index (κ1) is 8.23. The lowest BCUT2D eigenvalue weighted by atomic mass is 9.96. The van der Waals surface area contributed by atoms with E-state index in [9.17, 15) is 4.79 Å².